The van der Waals surface area contributed by atoms with Crippen molar-refractivity contribution in [2.45, 2.75) is 37.8 Å². The number of ether oxygens (including phenoxy) is 1. The molecule has 0 aliphatic carbocycles. The lowest BCUT2D eigenvalue weighted by molar-refractivity contribution is 0.0542. The third-order valence-corrected chi connectivity index (χ3v) is 4.94. The molecule has 0 radical (unpaired) electrons. The van der Waals surface area contributed by atoms with Gasteiger partial charge in [0.1, 0.15) is 6.10 Å². The Bertz CT molecular complexity index is 436. The van der Waals surface area contributed by atoms with Crippen LogP contribution in [0, 0.1) is 0 Å². The van der Waals surface area contributed by atoms with Crippen LogP contribution in [-0.4, -0.2) is 26.9 Å². The van der Waals surface area contributed by atoms with Gasteiger partial charge in [0.25, 0.3) is 0 Å². The molecule has 1 aromatic rings. The number of hydrogen-bond donors (Lipinski definition) is 0. The van der Waals surface area contributed by atoms with Crippen LogP contribution < -0.4 is 0 Å². The van der Waals surface area contributed by atoms with Gasteiger partial charge in [0, 0.05) is 20.9 Å². The van der Waals surface area contributed by atoms with Crippen LogP contribution in [0.15, 0.2) is 47.5 Å². The molecule has 1 aliphatic heterocycles. The summed E-state index contributed by atoms with van der Waals surface area (Å²) in [7, 11) is -1.05. The normalized spacial score (nSPS) is 19.8. The van der Waals surface area contributed by atoms with Crippen LogP contribution in [0.3, 0.4) is 0 Å². The molecule has 19 heavy (non-hydrogen) atoms. The maximum absolute atomic E-state index is 6.16. The molecular weight excluding hydrogens is 250 g/mol. The summed E-state index contributed by atoms with van der Waals surface area (Å²) in [6, 6.07) is 11.7. The molecule has 1 aliphatic rings. The number of hydrogen-bond acceptors (Lipinski definition) is 2. The predicted octanol–water partition coefficient (Wildman–Crippen LogP) is 4.09. The minimum atomic E-state index is -1.05. The molecule has 2 unspecified atom stereocenters. The maximum atomic E-state index is 6.16. The first-order valence-electron chi connectivity index (χ1n) is 6.93. The van der Waals surface area contributed by atoms with Crippen molar-refractivity contribution in [2.75, 3.05) is 6.61 Å². The van der Waals surface area contributed by atoms with Gasteiger partial charge in [0.05, 0.1) is 6.04 Å². The van der Waals surface area contributed by atoms with Gasteiger partial charge in [-0.15, -0.1) is 0 Å². The van der Waals surface area contributed by atoms with Crippen molar-refractivity contribution in [3.05, 3.63) is 48.0 Å². The van der Waals surface area contributed by atoms with Gasteiger partial charge >= 0.3 is 0 Å². The summed E-state index contributed by atoms with van der Waals surface area (Å²) in [5.41, 5.74) is 1.21. The number of nitrogens with zero attached hydrogens (tertiary/aromatic N) is 1. The second-order valence-corrected chi connectivity index (χ2v) is 11.8. The SMILES string of the molecule is C[Si](C)(C)CCOC(c1ccccc1)C1C=CC=N1. The van der Waals surface area contributed by atoms with E-state index < -0.39 is 8.07 Å². The minimum absolute atomic E-state index is 0.0487. The summed E-state index contributed by atoms with van der Waals surface area (Å²) in [6.45, 7) is 7.96. The van der Waals surface area contributed by atoms with Crippen LogP contribution >= 0.6 is 0 Å². The first kappa shape index (κ1) is 14.2. The van der Waals surface area contributed by atoms with Crippen molar-refractivity contribution in [2.24, 2.45) is 4.99 Å². The Morgan fingerprint density at radius 2 is 1.95 bits per heavy atom. The van der Waals surface area contributed by atoms with Crippen molar-refractivity contribution in [1.82, 2.24) is 0 Å². The zero-order valence-electron chi connectivity index (χ0n) is 12.0. The molecule has 102 valence electrons. The van der Waals surface area contributed by atoms with Crippen molar-refractivity contribution < 1.29 is 4.74 Å². The summed E-state index contributed by atoms with van der Waals surface area (Å²) < 4.78 is 6.16. The highest BCUT2D eigenvalue weighted by Crippen LogP contribution is 2.26. The third kappa shape index (κ3) is 4.44. The molecule has 2 nitrogen and oxygen atoms in total. The van der Waals surface area contributed by atoms with Gasteiger partial charge in [-0.05, 0) is 17.7 Å². The molecular formula is C16H23NOSi. The standard InChI is InChI=1S/C16H23NOSi/c1-19(2,3)13-12-18-16(15-10-7-11-17-15)14-8-5-4-6-9-14/h4-11,15-16H,12-13H2,1-3H3. The number of aliphatic imine (C=N–C) groups is 1. The van der Waals surface area contributed by atoms with Crippen molar-refractivity contribution >= 4 is 14.3 Å². The summed E-state index contributed by atoms with van der Waals surface area (Å²) in [4.78, 5) is 4.48. The Morgan fingerprint density at radius 3 is 2.53 bits per heavy atom. The van der Waals surface area contributed by atoms with Gasteiger partial charge in [-0.25, -0.2) is 0 Å². The Morgan fingerprint density at radius 1 is 1.21 bits per heavy atom. The Hall–Kier alpha value is -1.19. The van der Waals surface area contributed by atoms with Gasteiger partial charge < -0.3 is 4.74 Å². The lowest BCUT2D eigenvalue weighted by Gasteiger charge is -2.24. The molecule has 3 heteroatoms. The fraction of sp³-hybridized carbons (Fsp3) is 0.438. The van der Waals surface area contributed by atoms with Gasteiger partial charge in [-0.2, -0.15) is 0 Å². The largest absolute Gasteiger partial charge is 0.371 e. The van der Waals surface area contributed by atoms with Crippen LogP contribution in [0.4, 0.5) is 0 Å². The van der Waals surface area contributed by atoms with E-state index in [0.29, 0.717) is 0 Å². The lowest BCUT2D eigenvalue weighted by atomic mass is 10.0. The quantitative estimate of drug-likeness (QED) is 0.715. The number of benzene rings is 1. The smallest absolute Gasteiger partial charge is 0.108 e. The Labute approximate surface area is 117 Å². The molecule has 1 aromatic carbocycles. The highest BCUT2D eigenvalue weighted by atomic mass is 28.3. The van der Waals surface area contributed by atoms with Gasteiger partial charge in [0.15, 0.2) is 0 Å². The highest BCUT2D eigenvalue weighted by molar-refractivity contribution is 6.76. The molecule has 0 fully saturated rings. The molecule has 0 N–H and O–H groups in total. The van der Waals surface area contributed by atoms with E-state index in [0.717, 1.165) is 6.61 Å². The molecule has 2 rings (SSSR count). The average Bonchev–Trinajstić information content (AvgIpc) is 2.88. The molecule has 1 heterocycles. The van der Waals surface area contributed by atoms with E-state index in [1.807, 2.05) is 18.4 Å². The van der Waals surface area contributed by atoms with E-state index in [9.17, 15) is 0 Å². The van der Waals surface area contributed by atoms with Crippen molar-refractivity contribution in [1.29, 1.82) is 0 Å². The zero-order valence-corrected chi connectivity index (χ0v) is 13.0. The van der Waals surface area contributed by atoms with Crippen LogP contribution in [0.2, 0.25) is 25.7 Å². The third-order valence-electron chi connectivity index (χ3n) is 3.24. The summed E-state index contributed by atoms with van der Waals surface area (Å²) in [6.07, 6.45) is 6.03. The first-order valence-corrected chi connectivity index (χ1v) is 10.6. The molecule has 0 amide bonds. The van der Waals surface area contributed by atoms with Crippen LogP contribution in [0.25, 0.3) is 0 Å². The molecule has 0 spiro atoms. The van der Waals surface area contributed by atoms with E-state index >= 15 is 0 Å². The lowest BCUT2D eigenvalue weighted by Crippen LogP contribution is -2.24. The van der Waals surface area contributed by atoms with E-state index in [1.165, 1.54) is 11.6 Å². The van der Waals surface area contributed by atoms with E-state index in [-0.39, 0.29) is 12.1 Å². The van der Waals surface area contributed by atoms with E-state index in [4.69, 9.17) is 4.74 Å². The Balaban J connectivity index is 2.03. The number of rotatable bonds is 6. The molecule has 0 aromatic heterocycles. The second-order valence-electron chi connectivity index (χ2n) is 6.19. The summed E-state index contributed by atoms with van der Waals surface area (Å²) in [5.74, 6) is 0. The second kappa shape index (κ2) is 6.31. The van der Waals surface area contributed by atoms with Crippen molar-refractivity contribution in [3.63, 3.8) is 0 Å². The predicted molar refractivity (Wildman–Crippen MR) is 84.7 cm³/mol. The molecule has 0 bridgehead atoms. The first-order chi connectivity index (χ1) is 9.06. The maximum Gasteiger partial charge on any atom is 0.108 e. The molecule has 0 saturated heterocycles. The summed E-state index contributed by atoms with van der Waals surface area (Å²) >= 11 is 0. The zero-order chi connectivity index (χ0) is 13.7. The number of allylic oxidation sites excluding steroid dienone is 1. The van der Waals surface area contributed by atoms with Crippen LogP contribution in [-0.2, 0) is 4.74 Å². The van der Waals surface area contributed by atoms with Gasteiger partial charge in [-0.3, -0.25) is 4.99 Å². The minimum Gasteiger partial charge on any atom is -0.371 e. The van der Waals surface area contributed by atoms with E-state index in [2.05, 4.69) is 55.0 Å². The molecule has 0 saturated carbocycles. The average molecular weight is 273 g/mol. The molecule has 2 atom stereocenters. The summed E-state index contributed by atoms with van der Waals surface area (Å²) in [5, 5.41) is 0. The Kier molecular flexibility index (Phi) is 4.72. The van der Waals surface area contributed by atoms with Crippen LogP contribution in [0.5, 0.6) is 0 Å². The van der Waals surface area contributed by atoms with E-state index in [1.54, 1.807) is 0 Å². The fourth-order valence-corrected chi connectivity index (χ4v) is 2.80. The highest BCUT2D eigenvalue weighted by Gasteiger charge is 2.23. The van der Waals surface area contributed by atoms with Crippen molar-refractivity contribution in [3.8, 4) is 0 Å². The monoisotopic (exact) mass is 273 g/mol. The van der Waals surface area contributed by atoms with Gasteiger partial charge in [-0.1, -0.05) is 56.0 Å². The van der Waals surface area contributed by atoms with Gasteiger partial charge in [0.2, 0.25) is 0 Å². The fourth-order valence-electron chi connectivity index (χ4n) is 2.07. The topological polar surface area (TPSA) is 21.6 Å². The van der Waals surface area contributed by atoms with Crippen LogP contribution in [0.1, 0.15) is 11.7 Å².